The van der Waals surface area contributed by atoms with Crippen LogP contribution in [0.5, 0.6) is 11.5 Å². The Morgan fingerprint density at radius 1 is 1.17 bits per heavy atom. The smallest absolute Gasteiger partial charge is 0.496 e. The number of carbonyl (C=O) groups excluding carboxylic acids is 1. The average Bonchev–Trinajstić information content (AvgIpc) is 3.44. The summed E-state index contributed by atoms with van der Waals surface area (Å²) in [4.78, 5) is 16.6. The molecule has 3 aromatic rings. The highest BCUT2D eigenvalue weighted by Crippen LogP contribution is 2.44. The van der Waals surface area contributed by atoms with Crippen LogP contribution in [0.25, 0.3) is 17.2 Å². The summed E-state index contributed by atoms with van der Waals surface area (Å²) in [5.41, 5.74) is 4.53. The van der Waals surface area contributed by atoms with Crippen molar-refractivity contribution in [2.75, 3.05) is 14.2 Å². The summed E-state index contributed by atoms with van der Waals surface area (Å²) in [5, 5.41) is 22.2. The monoisotopic (exact) mass is 478 g/mol. The molecule has 3 N–H and O–H groups in total. The largest absolute Gasteiger partial charge is 0.497 e. The molecule has 8 nitrogen and oxygen atoms in total. The van der Waals surface area contributed by atoms with Crippen LogP contribution in [0.4, 0.5) is 4.39 Å². The van der Waals surface area contributed by atoms with Gasteiger partial charge in [-0.1, -0.05) is 6.07 Å². The number of carbonyl (C=O) groups is 1. The van der Waals surface area contributed by atoms with E-state index in [0.717, 1.165) is 16.7 Å². The Balaban J connectivity index is 1.72. The number of benzene rings is 2. The molecular formula is C25H24BFN2O6. The molecular weight excluding hydrogens is 454 g/mol. The van der Waals surface area contributed by atoms with Gasteiger partial charge in [0.2, 0.25) is 11.8 Å². The summed E-state index contributed by atoms with van der Waals surface area (Å²) in [6.45, 7) is 2.03. The minimum Gasteiger partial charge on any atom is -0.497 e. The second-order valence-corrected chi connectivity index (χ2v) is 7.94. The molecule has 0 fully saturated rings. The third-order valence-electron chi connectivity index (χ3n) is 5.85. The van der Waals surface area contributed by atoms with Crippen molar-refractivity contribution < 1.29 is 33.1 Å². The maximum Gasteiger partial charge on any atom is 0.496 e. The van der Waals surface area contributed by atoms with Gasteiger partial charge < -0.3 is 29.3 Å². The zero-order chi connectivity index (χ0) is 25.1. The number of nitrogens with zero attached hydrogens (tertiary/aromatic N) is 1. The van der Waals surface area contributed by atoms with Gasteiger partial charge in [-0.2, -0.15) is 0 Å². The molecule has 0 bridgehead atoms. The lowest BCUT2D eigenvalue weighted by atomic mass is 9.78. The quantitative estimate of drug-likeness (QED) is 0.427. The number of oxazole rings is 1. The Morgan fingerprint density at radius 3 is 2.49 bits per heavy atom. The van der Waals surface area contributed by atoms with E-state index < -0.39 is 12.9 Å². The first-order valence-corrected chi connectivity index (χ1v) is 10.8. The number of fused-ring (bicyclic) bond motifs is 1. The van der Waals surface area contributed by atoms with Crippen LogP contribution in [0.3, 0.4) is 0 Å². The van der Waals surface area contributed by atoms with E-state index in [4.69, 9.17) is 13.9 Å². The van der Waals surface area contributed by atoms with Gasteiger partial charge in [-0.15, -0.1) is 0 Å². The molecule has 180 valence electrons. The molecule has 0 saturated carbocycles. The summed E-state index contributed by atoms with van der Waals surface area (Å²) in [7, 11) is 1.07. The van der Waals surface area contributed by atoms with Crippen molar-refractivity contribution in [3.05, 3.63) is 76.8 Å². The minimum atomic E-state index is -1.78. The van der Waals surface area contributed by atoms with Crippen LogP contribution in [0.1, 0.15) is 35.9 Å². The number of nitrogens with one attached hydrogen (secondary N) is 1. The Morgan fingerprint density at radius 2 is 1.89 bits per heavy atom. The Kier molecular flexibility index (Phi) is 7.04. The number of amides is 1. The predicted octanol–water partition coefficient (Wildman–Crippen LogP) is 2.54. The molecule has 0 radical (unpaired) electrons. The molecule has 0 unspecified atom stereocenters. The number of rotatable bonds is 8. The highest BCUT2D eigenvalue weighted by molar-refractivity contribution is 6.61. The van der Waals surface area contributed by atoms with Crippen LogP contribution in [0, 0.1) is 5.82 Å². The summed E-state index contributed by atoms with van der Waals surface area (Å²) in [6.07, 6.45) is 4.84. The molecule has 1 aliphatic rings. The molecule has 1 aliphatic carbocycles. The topological polar surface area (TPSA) is 114 Å². The molecule has 35 heavy (non-hydrogen) atoms. The zero-order valence-electron chi connectivity index (χ0n) is 19.5. The molecule has 10 heteroatoms. The van der Waals surface area contributed by atoms with Crippen molar-refractivity contribution in [1.29, 1.82) is 0 Å². The second kappa shape index (κ2) is 10.2. The van der Waals surface area contributed by atoms with E-state index in [1.807, 2.05) is 13.0 Å². The molecule has 0 spiro atoms. The normalized spacial score (nSPS) is 13.7. The van der Waals surface area contributed by atoms with Crippen molar-refractivity contribution in [2.24, 2.45) is 0 Å². The van der Waals surface area contributed by atoms with Crippen molar-refractivity contribution in [3.8, 4) is 11.5 Å². The van der Waals surface area contributed by atoms with Crippen molar-refractivity contribution in [2.45, 2.75) is 19.9 Å². The molecule has 1 heterocycles. The molecule has 2 aromatic carbocycles. The molecule has 4 rings (SSSR count). The van der Waals surface area contributed by atoms with Crippen LogP contribution in [-0.2, 0) is 11.3 Å². The highest BCUT2D eigenvalue weighted by Gasteiger charge is 2.27. The Hall–Kier alpha value is -3.89. The van der Waals surface area contributed by atoms with Gasteiger partial charge in [0.25, 0.3) is 0 Å². The van der Waals surface area contributed by atoms with Crippen molar-refractivity contribution in [3.63, 3.8) is 0 Å². The standard InChI is InChI=1S/C25H24BFN2O6/c1-14-18(8-15-9-21(33-2)25(26(31)32)22(10-15)34-3)17-5-4-16(27)11-20(17)19(14)12-23(30)29-13-24-28-6-7-35-24/h4-11,31-32H,12-13H2,1-3H3,(H,29,30). The van der Waals surface area contributed by atoms with Gasteiger partial charge in [-0.05, 0) is 70.7 Å². The van der Waals surface area contributed by atoms with E-state index in [9.17, 15) is 19.2 Å². The van der Waals surface area contributed by atoms with Gasteiger partial charge in [-0.25, -0.2) is 9.37 Å². The van der Waals surface area contributed by atoms with Crippen LogP contribution in [0.15, 0.2) is 52.8 Å². The van der Waals surface area contributed by atoms with E-state index in [1.165, 1.54) is 38.8 Å². The van der Waals surface area contributed by atoms with Gasteiger partial charge in [0.1, 0.15) is 23.6 Å². The molecule has 0 atom stereocenters. The molecule has 0 aliphatic heterocycles. The summed E-state index contributed by atoms with van der Waals surface area (Å²) >= 11 is 0. The summed E-state index contributed by atoms with van der Waals surface area (Å²) < 4.78 is 30.0. The van der Waals surface area contributed by atoms with Crippen LogP contribution in [-0.4, -0.2) is 42.3 Å². The number of allylic oxidation sites excluding steroid dienone is 2. The predicted molar refractivity (Wildman–Crippen MR) is 129 cm³/mol. The van der Waals surface area contributed by atoms with E-state index in [-0.39, 0.29) is 35.8 Å². The molecule has 0 saturated heterocycles. The zero-order valence-corrected chi connectivity index (χ0v) is 19.5. The van der Waals surface area contributed by atoms with E-state index in [2.05, 4.69) is 10.3 Å². The fourth-order valence-corrected chi connectivity index (χ4v) is 4.18. The van der Waals surface area contributed by atoms with Gasteiger partial charge in [-0.3, -0.25) is 4.79 Å². The highest BCUT2D eigenvalue weighted by atomic mass is 19.1. The minimum absolute atomic E-state index is 0.0443. The maximum absolute atomic E-state index is 14.2. The fourth-order valence-electron chi connectivity index (χ4n) is 4.18. The van der Waals surface area contributed by atoms with E-state index in [1.54, 1.807) is 18.2 Å². The lowest BCUT2D eigenvalue weighted by Gasteiger charge is -2.14. The first-order valence-electron chi connectivity index (χ1n) is 10.8. The summed E-state index contributed by atoms with van der Waals surface area (Å²) in [5.74, 6) is 0.230. The van der Waals surface area contributed by atoms with Crippen molar-refractivity contribution >= 4 is 35.7 Å². The third-order valence-corrected chi connectivity index (χ3v) is 5.85. The third kappa shape index (κ3) is 4.98. The SMILES string of the molecule is COc1cc(C=C2C(C)=C(CC(=O)NCc3ncco3)c3cc(F)ccc32)cc(OC)c1B(O)O. The van der Waals surface area contributed by atoms with Gasteiger partial charge in [0.05, 0.1) is 38.8 Å². The number of halogens is 1. The maximum atomic E-state index is 14.2. The number of aromatic nitrogens is 1. The van der Waals surface area contributed by atoms with Crippen LogP contribution < -0.4 is 20.3 Å². The number of hydrogen-bond donors (Lipinski definition) is 3. The first kappa shape index (κ1) is 24.2. The van der Waals surface area contributed by atoms with Gasteiger partial charge in [0.15, 0.2) is 0 Å². The van der Waals surface area contributed by atoms with Gasteiger partial charge >= 0.3 is 7.12 Å². The second-order valence-electron chi connectivity index (χ2n) is 7.94. The first-order chi connectivity index (χ1) is 16.8. The Bertz CT molecular complexity index is 1290. The number of methoxy groups -OCH3 is 2. The summed E-state index contributed by atoms with van der Waals surface area (Å²) in [6, 6.07) is 7.78. The molecule has 1 aromatic heterocycles. The lowest BCUT2D eigenvalue weighted by Crippen LogP contribution is -2.32. The van der Waals surface area contributed by atoms with Gasteiger partial charge in [0, 0.05) is 0 Å². The Labute approximate surface area is 201 Å². The lowest BCUT2D eigenvalue weighted by molar-refractivity contribution is -0.120. The van der Waals surface area contributed by atoms with E-state index >= 15 is 0 Å². The van der Waals surface area contributed by atoms with Crippen LogP contribution >= 0.6 is 0 Å². The van der Waals surface area contributed by atoms with E-state index in [0.29, 0.717) is 22.6 Å². The van der Waals surface area contributed by atoms with Crippen LogP contribution in [0.2, 0.25) is 0 Å². The number of ether oxygens (including phenoxy) is 2. The average molecular weight is 478 g/mol. The van der Waals surface area contributed by atoms with Crippen molar-refractivity contribution in [1.82, 2.24) is 10.3 Å². The molecule has 1 amide bonds. The number of hydrogen-bond acceptors (Lipinski definition) is 7. The fraction of sp³-hybridized carbons (Fsp3) is 0.200.